The summed E-state index contributed by atoms with van der Waals surface area (Å²) in [6, 6.07) is 15.4. The zero-order chi connectivity index (χ0) is 26.3. The fourth-order valence-corrected chi connectivity index (χ4v) is 3.93. The zero-order valence-electron chi connectivity index (χ0n) is 19.5. The number of alkyl halides is 3. The first kappa shape index (κ1) is 25.9. The molecular weight excluding hydrogens is 516 g/mol. The number of halogens is 5. The van der Waals surface area contributed by atoms with Gasteiger partial charge in [0.2, 0.25) is 11.2 Å². The molecule has 3 aromatic carbocycles. The second-order valence-corrected chi connectivity index (χ2v) is 9.99. The summed E-state index contributed by atoms with van der Waals surface area (Å²) in [6.45, 7) is 6.05. The van der Waals surface area contributed by atoms with Gasteiger partial charge < -0.3 is 13.9 Å². The van der Waals surface area contributed by atoms with Crippen LogP contribution in [0.25, 0.3) is 11.0 Å². The molecule has 1 aromatic heterocycles. The van der Waals surface area contributed by atoms with Crippen molar-refractivity contribution >= 4 is 34.2 Å². The molecule has 4 nitrogen and oxygen atoms in total. The lowest BCUT2D eigenvalue weighted by Gasteiger charge is -2.19. The Morgan fingerprint density at radius 1 is 0.889 bits per heavy atom. The van der Waals surface area contributed by atoms with Crippen molar-refractivity contribution in [3.05, 3.63) is 97.8 Å². The van der Waals surface area contributed by atoms with Gasteiger partial charge in [-0.3, -0.25) is 4.79 Å². The molecule has 0 amide bonds. The maximum Gasteiger partial charge on any atom is 0.453 e. The van der Waals surface area contributed by atoms with Crippen molar-refractivity contribution in [1.82, 2.24) is 0 Å². The first-order valence-electron chi connectivity index (χ1n) is 10.9. The molecule has 188 valence electrons. The highest BCUT2D eigenvalue weighted by molar-refractivity contribution is 6.35. The van der Waals surface area contributed by atoms with E-state index < -0.39 is 23.1 Å². The van der Waals surface area contributed by atoms with Crippen LogP contribution in [0.3, 0.4) is 0 Å². The van der Waals surface area contributed by atoms with Crippen molar-refractivity contribution in [3.8, 4) is 17.2 Å². The Bertz CT molecular complexity index is 1470. The maximum absolute atomic E-state index is 13.9. The third-order valence-electron chi connectivity index (χ3n) is 5.43. The van der Waals surface area contributed by atoms with Crippen LogP contribution >= 0.6 is 23.2 Å². The third-order valence-corrected chi connectivity index (χ3v) is 6.02. The van der Waals surface area contributed by atoms with E-state index in [1.165, 1.54) is 30.3 Å². The lowest BCUT2D eigenvalue weighted by molar-refractivity contribution is -0.154. The normalized spacial score (nSPS) is 12.1. The van der Waals surface area contributed by atoms with E-state index in [2.05, 4.69) is 0 Å². The summed E-state index contributed by atoms with van der Waals surface area (Å²) in [5, 5.41) is 0.756. The molecule has 0 aliphatic carbocycles. The zero-order valence-corrected chi connectivity index (χ0v) is 21.0. The molecule has 1 heterocycles. The van der Waals surface area contributed by atoms with E-state index in [-0.39, 0.29) is 34.5 Å². The van der Waals surface area contributed by atoms with Crippen LogP contribution in [0, 0.1) is 0 Å². The third kappa shape index (κ3) is 5.63. The number of hydrogen-bond acceptors (Lipinski definition) is 4. The summed E-state index contributed by atoms with van der Waals surface area (Å²) in [4.78, 5) is 13.0. The van der Waals surface area contributed by atoms with Crippen LogP contribution in [-0.4, -0.2) is 0 Å². The van der Waals surface area contributed by atoms with Crippen molar-refractivity contribution in [2.24, 2.45) is 0 Å². The van der Waals surface area contributed by atoms with Crippen LogP contribution in [0.2, 0.25) is 10.0 Å². The van der Waals surface area contributed by atoms with E-state index in [4.69, 9.17) is 37.1 Å². The molecule has 0 aliphatic heterocycles. The standard InChI is InChI=1S/C27H21Cl2F3O4/c1-26(2,3)16-5-8-18(9-6-16)35-24-23(33)20-11-10-19(13-22(20)36-25(24)27(30,31)32)34-14-15-4-7-17(28)12-21(15)29/h4-13H,14H2,1-3H3. The lowest BCUT2D eigenvalue weighted by Crippen LogP contribution is -2.15. The van der Waals surface area contributed by atoms with E-state index in [1.807, 2.05) is 20.8 Å². The Balaban J connectivity index is 1.69. The quantitative estimate of drug-likeness (QED) is 0.255. The van der Waals surface area contributed by atoms with Crippen molar-refractivity contribution < 1.29 is 27.1 Å². The van der Waals surface area contributed by atoms with Crippen LogP contribution in [0.15, 0.2) is 69.9 Å². The summed E-state index contributed by atoms with van der Waals surface area (Å²) in [5.74, 6) is -2.19. The smallest absolute Gasteiger partial charge is 0.453 e. The van der Waals surface area contributed by atoms with Gasteiger partial charge in [-0.15, -0.1) is 0 Å². The van der Waals surface area contributed by atoms with Gasteiger partial charge in [0.1, 0.15) is 23.7 Å². The molecule has 0 saturated carbocycles. The molecule has 0 saturated heterocycles. The molecule has 0 unspecified atom stereocenters. The predicted molar refractivity (Wildman–Crippen MR) is 133 cm³/mol. The van der Waals surface area contributed by atoms with Gasteiger partial charge in [0.25, 0.3) is 5.76 Å². The maximum atomic E-state index is 13.9. The summed E-state index contributed by atoms with van der Waals surface area (Å²) in [7, 11) is 0. The molecule has 0 fully saturated rings. The first-order chi connectivity index (χ1) is 16.8. The number of hydrogen-bond donors (Lipinski definition) is 0. The van der Waals surface area contributed by atoms with Crippen molar-refractivity contribution in [1.29, 1.82) is 0 Å². The van der Waals surface area contributed by atoms with Gasteiger partial charge in [0.05, 0.1) is 5.39 Å². The number of benzene rings is 3. The van der Waals surface area contributed by atoms with Crippen molar-refractivity contribution in [2.75, 3.05) is 0 Å². The molecule has 4 aromatic rings. The lowest BCUT2D eigenvalue weighted by atomic mass is 9.87. The highest BCUT2D eigenvalue weighted by Gasteiger charge is 2.40. The molecule has 36 heavy (non-hydrogen) atoms. The van der Waals surface area contributed by atoms with Gasteiger partial charge in [-0.25, -0.2) is 0 Å². The average Bonchev–Trinajstić information content (AvgIpc) is 2.79. The Morgan fingerprint density at radius 2 is 1.56 bits per heavy atom. The molecular formula is C27H21Cl2F3O4. The second-order valence-electron chi connectivity index (χ2n) is 9.15. The highest BCUT2D eigenvalue weighted by atomic mass is 35.5. The molecule has 0 N–H and O–H groups in total. The molecule has 4 rings (SSSR count). The van der Waals surface area contributed by atoms with E-state index >= 15 is 0 Å². The van der Waals surface area contributed by atoms with E-state index in [1.54, 1.807) is 30.3 Å². The minimum Gasteiger partial charge on any atom is -0.489 e. The van der Waals surface area contributed by atoms with Gasteiger partial charge in [-0.05, 0) is 47.4 Å². The van der Waals surface area contributed by atoms with Crippen LogP contribution in [0.4, 0.5) is 13.2 Å². The van der Waals surface area contributed by atoms with E-state index in [0.29, 0.717) is 15.6 Å². The summed E-state index contributed by atoms with van der Waals surface area (Å²) < 4.78 is 57.8. The van der Waals surface area contributed by atoms with Crippen LogP contribution in [-0.2, 0) is 18.2 Å². The molecule has 9 heteroatoms. The molecule has 0 atom stereocenters. The minimum atomic E-state index is -4.97. The minimum absolute atomic E-state index is 0.0314. The van der Waals surface area contributed by atoms with Gasteiger partial charge in [0, 0.05) is 21.7 Å². The van der Waals surface area contributed by atoms with Crippen molar-refractivity contribution in [2.45, 2.75) is 39.0 Å². The summed E-state index contributed by atoms with van der Waals surface area (Å²) >= 11 is 12.0. The summed E-state index contributed by atoms with van der Waals surface area (Å²) in [5.41, 5.74) is 0.193. The largest absolute Gasteiger partial charge is 0.489 e. The SMILES string of the molecule is CC(C)(C)c1ccc(Oc2c(C(F)(F)F)oc3cc(OCc4ccc(Cl)cc4Cl)ccc3c2=O)cc1. The Morgan fingerprint density at radius 3 is 2.17 bits per heavy atom. The fraction of sp³-hybridized carbons (Fsp3) is 0.222. The van der Waals surface area contributed by atoms with Crippen molar-refractivity contribution in [3.63, 3.8) is 0 Å². The summed E-state index contributed by atoms with van der Waals surface area (Å²) in [6.07, 6.45) is -4.97. The topological polar surface area (TPSA) is 48.7 Å². The van der Waals surface area contributed by atoms with E-state index in [0.717, 1.165) is 5.56 Å². The second kappa shape index (κ2) is 9.71. The molecule has 0 radical (unpaired) electrons. The highest BCUT2D eigenvalue weighted by Crippen LogP contribution is 2.39. The van der Waals surface area contributed by atoms with Gasteiger partial charge >= 0.3 is 6.18 Å². The van der Waals surface area contributed by atoms with Gasteiger partial charge in [0.15, 0.2) is 0 Å². The van der Waals surface area contributed by atoms with E-state index in [9.17, 15) is 18.0 Å². The molecule has 0 bridgehead atoms. The fourth-order valence-electron chi connectivity index (χ4n) is 3.47. The van der Waals surface area contributed by atoms with Gasteiger partial charge in [-0.1, -0.05) is 62.2 Å². The Kier molecular flexibility index (Phi) is 6.99. The predicted octanol–water partition coefficient (Wildman–Crippen LogP) is 8.79. The monoisotopic (exact) mass is 536 g/mol. The number of ether oxygens (including phenoxy) is 2. The Labute approximate surface area is 215 Å². The average molecular weight is 537 g/mol. The van der Waals surface area contributed by atoms with Crippen LogP contribution in [0.1, 0.15) is 37.7 Å². The molecule has 0 spiro atoms. The first-order valence-corrected chi connectivity index (χ1v) is 11.6. The molecule has 0 aliphatic rings. The van der Waals surface area contributed by atoms with Crippen LogP contribution in [0.5, 0.6) is 17.2 Å². The Hall–Kier alpha value is -3.16. The van der Waals surface area contributed by atoms with Gasteiger partial charge in [-0.2, -0.15) is 13.2 Å². The van der Waals surface area contributed by atoms with Crippen LogP contribution < -0.4 is 14.9 Å². The number of rotatable bonds is 5. The number of fused-ring (bicyclic) bond motifs is 1.